The molecule has 0 bridgehead atoms. The van der Waals surface area contributed by atoms with Gasteiger partial charge in [0.2, 0.25) is 0 Å². The molecule has 1 aliphatic heterocycles. The van der Waals surface area contributed by atoms with E-state index in [-0.39, 0.29) is 18.1 Å². The van der Waals surface area contributed by atoms with Crippen LogP contribution in [0.4, 0.5) is 0 Å². The number of amides is 1. The van der Waals surface area contributed by atoms with E-state index in [0.717, 1.165) is 30.5 Å². The third kappa shape index (κ3) is 3.05. The molecule has 0 unspecified atom stereocenters. The highest BCUT2D eigenvalue weighted by Crippen LogP contribution is 2.28. The molecular formula is C15H20N4O2S. The van der Waals surface area contributed by atoms with Crippen LogP contribution in [-0.2, 0) is 18.2 Å². The Kier molecular flexibility index (Phi) is 4.54. The summed E-state index contributed by atoms with van der Waals surface area (Å²) in [5.41, 5.74) is 3.59. The van der Waals surface area contributed by atoms with E-state index >= 15 is 0 Å². The first-order valence-electron chi connectivity index (χ1n) is 7.52. The molecule has 0 spiro atoms. The van der Waals surface area contributed by atoms with Gasteiger partial charge in [0.1, 0.15) is 11.0 Å². The highest BCUT2D eigenvalue weighted by Gasteiger charge is 2.30. The number of aromatic nitrogens is 3. The Bertz CT molecular complexity index is 652. The van der Waals surface area contributed by atoms with Gasteiger partial charge in [-0.25, -0.2) is 4.98 Å². The summed E-state index contributed by atoms with van der Waals surface area (Å²) in [5, 5.41) is 7.32. The van der Waals surface area contributed by atoms with Crippen molar-refractivity contribution in [2.75, 3.05) is 6.61 Å². The van der Waals surface area contributed by atoms with Crippen LogP contribution in [0.15, 0.2) is 17.9 Å². The van der Waals surface area contributed by atoms with Crippen molar-refractivity contribution in [3.05, 3.63) is 34.0 Å². The van der Waals surface area contributed by atoms with Gasteiger partial charge in [-0.1, -0.05) is 6.92 Å². The Morgan fingerprint density at radius 2 is 2.45 bits per heavy atom. The van der Waals surface area contributed by atoms with Crippen molar-refractivity contribution in [2.45, 2.75) is 38.3 Å². The summed E-state index contributed by atoms with van der Waals surface area (Å²) in [7, 11) is 1.88. The minimum absolute atomic E-state index is 0.0303. The van der Waals surface area contributed by atoms with Crippen LogP contribution in [0.1, 0.15) is 46.8 Å². The summed E-state index contributed by atoms with van der Waals surface area (Å²) in [6.45, 7) is 2.72. The van der Waals surface area contributed by atoms with E-state index in [1.807, 2.05) is 20.2 Å². The molecule has 0 saturated carbocycles. The molecule has 1 saturated heterocycles. The predicted octanol–water partition coefficient (Wildman–Crippen LogP) is 2.09. The molecule has 1 aliphatic rings. The van der Waals surface area contributed by atoms with E-state index < -0.39 is 0 Å². The number of carbonyl (C=O) groups is 1. The van der Waals surface area contributed by atoms with Crippen molar-refractivity contribution < 1.29 is 9.53 Å². The molecule has 118 valence electrons. The third-order valence-electron chi connectivity index (χ3n) is 3.87. The second-order valence-corrected chi connectivity index (χ2v) is 6.30. The molecule has 2 aromatic rings. The van der Waals surface area contributed by atoms with Crippen molar-refractivity contribution in [3.63, 3.8) is 0 Å². The largest absolute Gasteiger partial charge is 0.371 e. The van der Waals surface area contributed by atoms with Crippen molar-refractivity contribution in [1.29, 1.82) is 0 Å². The number of nitrogens with zero attached hydrogens (tertiary/aromatic N) is 3. The first-order chi connectivity index (χ1) is 10.7. The van der Waals surface area contributed by atoms with Crippen molar-refractivity contribution in [3.8, 4) is 0 Å². The van der Waals surface area contributed by atoms with Crippen molar-refractivity contribution in [2.24, 2.45) is 7.05 Å². The second kappa shape index (κ2) is 6.58. The van der Waals surface area contributed by atoms with Crippen LogP contribution in [0.25, 0.3) is 0 Å². The Morgan fingerprint density at radius 1 is 1.59 bits per heavy atom. The minimum Gasteiger partial charge on any atom is -0.371 e. The van der Waals surface area contributed by atoms with E-state index in [4.69, 9.17) is 4.74 Å². The topological polar surface area (TPSA) is 69.0 Å². The average molecular weight is 320 g/mol. The number of ether oxygens (including phenoxy) is 1. The van der Waals surface area contributed by atoms with Gasteiger partial charge in [0.05, 0.1) is 23.4 Å². The molecule has 0 radical (unpaired) electrons. The smallest absolute Gasteiger partial charge is 0.263 e. The van der Waals surface area contributed by atoms with E-state index in [9.17, 15) is 4.79 Å². The molecule has 3 heterocycles. The van der Waals surface area contributed by atoms with Gasteiger partial charge in [0.15, 0.2) is 0 Å². The number of aryl methyl sites for hydroxylation is 2. The molecule has 1 amide bonds. The summed E-state index contributed by atoms with van der Waals surface area (Å²) in [6, 6.07) is -0.0303. The fourth-order valence-corrected chi connectivity index (χ4v) is 3.57. The minimum atomic E-state index is -0.135. The van der Waals surface area contributed by atoms with Gasteiger partial charge in [-0.3, -0.25) is 9.48 Å². The Balaban J connectivity index is 1.75. The highest BCUT2D eigenvalue weighted by molar-refractivity contribution is 7.11. The molecular weight excluding hydrogens is 300 g/mol. The molecule has 1 N–H and O–H groups in total. The molecule has 6 nitrogen and oxygen atoms in total. The van der Waals surface area contributed by atoms with Crippen LogP contribution >= 0.6 is 11.3 Å². The Morgan fingerprint density at radius 3 is 3.18 bits per heavy atom. The number of carbonyl (C=O) groups excluding carboxylic acids is 1. The van der Waals surface area contributed by atoms with E-state index in [0.29, 0.717) is 11.5 Å². The summed E-state index contributed by atoms with van der Waals surface area (Å²) in [4.78, 5) is 17.5. The van der Waals surface area contributed by atoms with Gasteiger partial charge in [-0.15, -0.1) is 11.3 Å². The summed E-state index contributed by atoms with van der Waals surface area (Å²) < 4.78 is 7.64. The van der Waals surface area contributed by atoms with Crippen molar-refractivity contribution in [1.82, 2.24) is 20.1 Å². The van der Waals surface area contributed by atoms with Gasteiger partial charge in [-0.05, 0) is 19.3 Å². The van der Waals surface area contributed by atoms with Gasteiger partial charge in [0.25, 0.3) is 5.91 Å². The lowest BCUT2D eigenvalue weighted by Gasteiger charge is -2.31. The maximum Gasteiger partial charge on any atom is 0.263 e. The van der Waals surface area contributed by atoms with Crippen LogP contribution in [0.3, 0.4) is 0 Å². The van der Waals surface area contributed by atoms with Gasteiger partial charge >= 0.3 is 0 Å². The number of nitrogens with one attached hydrogen (secondary N) is 1. The zero-order valence-corrected chi connectivity index (χ0v) is 13.6. The molecule has 0 aromatic carbocycles. The van der Waals surface area contributed by atoms with Crippen LogP contribution < -0.4 is 5.32 Å². The lowest BCUT2D eigenvalue weighted by molar-refractivity contribution is -0.00946. The zero-order valence-electron chi connectivity index (χ0n) is 12.8. The van der Waals surface area contributed by atoms with E-state index in [2.05, 4.69) is 15.4 Å². The lowest BCUT2D eigenvalue weighted by atomic mass is 9.98. The van der Waals surface area contributed by atoms with E-state index in [1.54, 1.807) is 16.4 Å². The predicted molar refractivity (Wildman–Crippen MR) is 83.9 cm³/mol. The summed E-state index contributed by atoms with van der Waals surface area (Å²) >= 11 is 1.39. The van der Waals surface area contributed by atoms with E-state index in [1.165, 1.54) is 11.3 Å². The quantitative estimate of drug-likeness (QED) is 0.936. The van der Waals surface area contributed by atoms with Crippen molar-refractivity contribution >= 4 is 17.2 Å². The Hall–Kier alpha value is -1.73. The lowest BCUT2D eigenvalue weighted by Crippen LogP contribution is -2.42. The van der Waals surface area contributed by atoms with Crippen LogP contribution in [0, 0.1) is 0 Å². The fourth-order valence-electron chi connectivity index (χ4n) is 2.78. The van der Waals surface area contributed by atoms with Crippen LogP contribution in [0.5, 0.6) is 0 Å². The van der Waals surface area contributed by atoms with Crippen LogP contribution in [0.2, 0.25) is 0 Å². The van der Waals surface area contributed by atoms with Crippen LogP contribution in [-0.4, -0.2) is 33.3 Å². The number of hydrogen-bond acceptors (Lipinski definition) is 5. The maximum absolute atomic E-state index is 12.5. The van der Waals surface area contributed by atoms with Gasteiger partial charge in [0, 0.05) is 25.4 Å². The molecule has 1 fully saturated rings. The fraction of sp³-hybridized carbons (Fsp3) is 0.533. The molecule has 7 heteroatoms. The first kappa shape index (κ1) is 15.2. The molecule has 2 aromatic heterocycles. The molecule has 22 heavy (non-hydrogen) atoms. The molecule has 3 rings (SSSR count). The standard InChI is InChI=1S/C15H20N4O2S/c1-3-11-14(22-9-16-11)15(20)18-12-5-4-6-21-13(12)10-7-17-19(2)8-10/h7-9,12-13H,3-6H2,1-2H3,(H,18,20)/t12-,13+/m0/s1. The second-order valence-electron chi connectivity index (χ2n) is 5.44. The molecule has 0 aliphatic carbocycles. The van der Waals surface area contributed by atoms with Gasteiger partial charge in [-0.2, -0.15) is 5.10 Å². The monoisotopic (exact) mass is 320 g/mol. The average Bonchev–Trinajstić information content (AvgIpc) is 3.16. The number of rotatable bonds is 4. The zero-order chi connectivity index (χ0) is 15.5. The third-order valence-corrected chi connectivity index (χ3v) is 4.74. The normalized spacial score (nSPS) is 21.7. The Labute approximate surface area is 133 Å². The summed E-state index contributed by atoms with van der Waals surface area (Å²) in [6.07, 6.45) is 6.23. The number of hydrogen-bond donors (Lipinski definition) is 1. The van der Waals surface area contributed by atoms with Gasteiger partial charge < -0.3 is 10.1 Å². The summed E-state index contributed by atoms with van der Waals surface area (Å²) in [5.74, 6) is -0.0521. The SMILES string of the molecule is CCc1ncsc1C(=O)N[C@H]1CCCO[C@@H]1c1cnn(C)c1. The highest BCUT2D eigenvalue weighted by atomic mass is 32.1. The molecule has 2 atom stereocenters. The maximum atomic E-state index is 12.5. The first-order valence-corrected chi connectivity index (χ1v) is 8.40. The number of thiazole rings is 1.